The van der Waals surface area contributed by atoms with Crippen LogP contribution in [0.2, 0.25) is 5.02 Å². The van der Waals surface area contributed by atoms with E-state index in [9.17, 15) is 27.9 Å². The fourth-order valence-corrected chi connectivity index (χ4v) is 5.55. The van der Waals surface area contributed by atoms with Gasteiger partial charge in [0.05, 0.1) is 29.7 Å². The Morgan fingerprint density at radius 1 is 1.18 bits per heavy atom. The van der Waals surface area contributed by atoms with Crippen LogP contribution in [0.1, 0.15) is 50.5 Å². The van der Waals surface area contributed by atoms with E-state index in [0.717, 1.165) is 34.9 Å². The highest BCUT2D eigenvalue weighted by Crippen LogP contribution is 2.38. The number of methoxy groups -OCH3 is 1. The lowest BCUT2D eigenvalue weighted by atomic mass is 9.82. The number of hydrogen-bond donors (Lipinski definition) is 1. The second kappa shape index (κ2) is 10.5. The summed E-state index contributed by atoms with van der Waals surface area (Å²) in [5.74, 6) is -1.47. The molecule has 0 radical (unpaired) electrons. The van der Waals surface area contributed by atoms with E-state index in [0.29, 0.717) is 28.8 Å². The number of rotatable bonds is 6. The van der Waals surface area contributed by atoms with Gasteiger partial charge in [0.15, 0.2) is 0 Å². The highest BCUT2D eigenvalue weighted by Gasteiger charge is 2.33. The Morgan fingerprint density at radius 3 is 2.62 bits per heavy atom. The zero-order valence-corrected chi connectivity index (χ0v) is 22.3. The number of amides is 1. The molecule has 0 aliphatic carbocycles. The highest BCUT2D eigenvalue weighted by atomic mass is 35.5. The fourth-order valence-electron chi connectivity index (χ4n) is 5.29. The minimum Gasteiger partial charge on any atom is -0.494 e. The van der Waals surface area contributed by atoms with Crippen molar-refractivity contribution in [1.82, 2.24) is 19.9 Å². The van der Waals surface area contributed by atoms with E-state index in [1.165, 1.54) is 12.0 Å². The zero-order valence-electron chi connectivity index (χ0n) is 21.5. The van der Waals surface area contributed by atoms with Gasteiger partial charge < -0.3 is 14.7 Å². The number of aryl methyl sites for hydroxylation is 1. The third-order valence-corrected chi connectivity index (χ3v) is 7.49. The number of carboxylic acid groups (broad SMARTS) is 1. The molecule has 2 heterocycles. The Balaban J connectivity index is 1.49. The lowest BCUT2D eigenvalue weighted by molar-refractivity contribution is -0.138. The van der Waals surface area contributed by atoms with Crippen molar-refractivity contribution >= 4 is 34.5 Å². The highest BCUT2D eigenvalue weighted by molar-refractivity contribution is 6.33. The monoisotopic (exact) mass is 572 g/mol. The zero-order chi connectivity index (χ0) is 28.8. The fraction of sp³-hybridized carbons (Fsp3) is 0.286. The minimum atomic E-state index is -4.57. The molecule has 0 saturated carbocycles. The molecular weight excluding hydrogens is 549 g/mol. The van der Waals surface area contributed by atoms with Crippen molar-refractivity contribution in [3.63, 3.8) is 0 Å². The topological polar surface area (TPSA) is 97.6 Å². The Kier molecular flexibility index (Phi) is 7.17. The van der Waals surface area contributed by atoms with Crippen LogP contribution in [0.5, 0.6) is 5.75 Å². The normalized spacial score (nSPS) is 14.2. The van der Waals surface area contributed by atoms with Crippen LogP contribution in [0.25, 0.3) is 11.0 Å². The number of carbonyl (C=O) groups excluding carboxylic acids is 1. The molecule has 1 N–H and O–H groups in total. The summed E-state index contributed by atoms with van der Waals surface area (Å²) in [4.78, 5) is 26.7. The average Bonchev–Trinajstić information content (AvgIpc) is 3.30. The maximum atomic E-state index is 13.2. The molecule has 0 spiro atoms. The molecule has 8 nitrogen and oxygen atoms in total. The number of aliphatic carboxylic acids is 1. The lowest BCUT2D eigenvalue weighted by Crippen LogP contribution is -2.36. The van der Waals surface area contributed by atoms with Gasteiger partial charge in [-0.15, -0.1) is 5.10 Å². The summed E-state index contributed by atoms with van der Waals surface area (Å²) in [6.07, 6.45) is -4.33. The van der Waals surface area contributed by atoms with E-state index < -0.39 is 29.5 Å². The number of benzene rings is 3. The molecule has 1 atom stereocenters. The summed E-state index contributed by atoms with van der Waals surface area (Å²) in [5.41, 5.74) is 3.58. The predicted octanol–water partition coefficient (Wildman–Crippen LogP) is 5.45. The van der Waals surface area contributed by atoms with Crippen LogP contribution >= 0.6 is 11.6 Å². The van der Waals surface area contributed by atoms with Crippen molar-refractivity contribution < 1.29 is 32.6 Å². The van der Waals surface area contributed by atoms with E-state index >= 15 is 0 Å². The van der Waals surface area contributed by atoms with Crippen molar-refractivity contribution in [1.29, 1.82) is 0 Å². The first-order chi connectivity index (χ1) is 19.0. The van der Waals surface area contributed by atoms with Gasteiger partial charge in [0.1, 0.15) is 16.8 Å². The number of carboxylic acids is 1. The van der Waals surface area contributed by atoms with Crippen LogP contribution in [0.3, 0.4) is 0 Å². The molecule has 5 rings (SSSR count). The van der Waals surface area contributed by atoms with E-state index in [2.05, 4.69) is 10.3 Å². The van der Waals surface area contributed by atoms with Gasteiger partial charge in [-0.25, -0.2) is 4.68 Å². The molecule has 1 aliphatic rings. The number of nitrogens with zero attached hydrogens (tertiary/aromatic N) is 4. The Morgan fingerprint density at radius 2 is 1.95 bits per heavy atom. The summed E-state index contributed by atoms with van der Waals surface area (Å²) in [6, 6.07) is 11.8. The van der Waals surface area contributed by atoms with Crippen LogP contribution in [0.15, 0.2) is 48.5 Å². The van der Waals surface area contributed by atoms with Crippen molar-refractivity contribution in [2.45, 2.75) is 31.5 Å². The summed E-state index contributed by atoms with van der Waals surface area (Å²) in [6.45, 7) is 0.484. The molecular formula is C28H24ClF3N4O4. The SMILES string of the molecule is COc1cc([C@@H](CC(=O)O)c2cccc3c2CCN(C(=O)c2ccc(C(F)(F)F)cc2Cl)C3)cc2nnn(C)c12. The molecule has 4 aromatic rings. The van der Waals surface area contributed by atoms with Gasteiger partial charge in [0.25, 0.3) is 5.91 Å². The van der Waals surface area contributed by atoms with Crippen LogP contribution in [0, 0.1) is 0 Å². The van der Waals surface area contributed by atoms with E-state index in [1.807, 2.05) is 18.2 Å². The molecule has 0 saturated heterocycles. The second-order valence-electron chi connectivity index (χ2n) is 9.61. The van der Waals surface area contributed by atoms with Crippen LogP contribution < -0.4 is 4.74 Å². The number of halogens is 4. The third kappa shape index (κ3) is 5.08. The van der Waals surface area contributed by atoms with Gasteiger partial charge in [-0.3, -0.25) is 9.59 Å². The number of aromatic nitrogens is 3. The predicted molar refractivity (Wildman–Crippen MR) is 140 cm³/mol. The second-order valence-corrected chi connectivity index (χ2v) is 10.0. The number of ether oxygens (including phenoxy) is 1. The molecule has 0 fully saturated rings. The van der Waals surface area contributed by atoms with Gasteiger partial charge in [-0.1, -0.05) is 35.0 Å². The van der Waals surface area contributed by atoms with Crippen LogP contribution in [-0.2, 0) is 31.0 Å². The van der Waals surface area contributed by atoms with Gasteiger partial charge in [0.2, 0.25) is 0 Å². The van der Waals surface area contributed by atoms with E-state index in [1.54, 1.807) is 23.9 Å². The molecule has 1 aromatic heterocycles. The molecule has 1 aliphatic heterocycles. The lowest BCUT2D eigenvalue weighted by Gasteiger charge is -2.32. The van der Waals surface area contributed by atoms with Gasteiger partial charge >= 0.3 is 12.1 Å². The first kappa shape index (κ1) is 27.4. The Hall–Kier alpha value is -4.12. The molecule has 208 valence electrons. The van der Waals surface area contributed by atoms with Crippen LogP contribution in [0.4, 0.5) is 13.2 Å². The summed E-state index contributed by atoms with van der Waals surface area (Å²) < 4.78 is 46.3. The average molecular weight is 573 g/mol. The number of alkyl halides is 3. The van der Waals surface area contributed by atoms with Crippen molar-refractivity contribution in [2.75, 3.05) is 13.7 Å². The summed E-state index contributed by atoms with van der Waals surface area (Å²) >= 11 is 6.08. The largest absolute Gasteiger partial charge is 0.494 e. The Bertz CT molecular complexity index is 1640. The minimum absolute atomic E-state index is 0.0117. The first-order valence-corrected chi connectivity index (χ1v) is 12.7. The molecule has 40 heavy (non-hydrogen) atoms. The molecule has 3 aromatic carbocycles. The number of carbonyl (C=O) groups is 2. The van der Waals surface area contributed by atoms with Gasteiger partial charge in [0, 0.05) is 26.1 Å². The molecule has 0 bridgehead atoms. The standard InChI is InChI=1S/C28H24ClF3N4O4/c1-35-26-23(33-34-35)10-16(11-24(26)40-2)21(13-25(37)38)19-5-3-4-15-14-36(9-8-18(15)19)27(39)20-7-6-17(12-22(20)29)28(30,31)32/h3-7,10-12,21H,8-9,13-14H2,1-2H3,(H,37,38)/t21-/m1/s1. The molecule has 12 heteroatoms. The van der Waals surface area contributed by atoms with Crippen LogP contribution in [-0.4, -0.2) is 50.5 Å². The van der Waals surface area contributed by atoms with Crippen molar-refractivity contribution in [2.24, 2.45) is 7.05 Å². The third-order valence-electron chi connectivity index (χ3n) is 7.18. The molecule has 0 unspecified atom stereocenters. The number of hydrogen-bond acceptors (Lipinski definition) is 5. The summed E-state index contributed by atoms with van der Waals surface area (Å²) in [5, 5.41) is 17.8. The van der Waals surface area contributed by atoms with E-state index in [-0.39, 0.29) is 30.1 Å². The first-order valence-electron chi connectivity index (χ1n) is 12.3. The maximum absolute atomic E-state index is 13.2. The van der Waals surface area contributed by atoms with Crippen molar-refractivity contribution in [3.8, 4) is 5.75 Å². The van der Waals surface area contributed by atoms with Gasteiger partial charge in [-0.05, 0) is 59.0 Å². The van der Waals surface area contributed by atoms with Crippen molar-refractivity contribution in [3.05, 3.63) is 86.9 Å². The molecule has 1 amide bonds. The number of fused-ring (bicyclic) bond motifs is 2. The smallest absolute Gasteiger partial charge is 0.416 e. The quantitative estimate of drug-likeness (QED) is 0.330. The Labute approximate surface area is 231 Å². The maximum Gasteiger partial charge on any atom is 0.416 e. The van der Waals surface area contributed by atoms with Gasteiger partial charge in [-0.2, -0.15) is 13.2 Å². The summed E-state index contributed by atoms with van der Waals surface area (Å²) in [7, 11) is 3.27. The van der Waals surface area contributed by atoms with E-state index in [4.69, 9.17) is 16.3 Å².